The van der Waals surface area contributed by atoms with Crippen LogP contribution < -0.4 is 0 Å². The average molecular weight is 192 g/mol. The summed E-state index contributed by atoms with van der Waals surface area (Å²) in [5.41, 5.74) is 1.64. The lowest BCUT2D eigenvalue weighted by molar-refractivity contribution is 0.635. The monoisotopic (exact) mass is 192 g/mol. The van der Waals surface area contributed by atoms with Crippen LogP contribution in [0.15, 0.2) is 12.1 Å². The van der Waals surface area contributed by atoms with E-state index in [0.29, 0.717) is 16.1 Å². The van der Waals surface area contributed by atoms with Crippen LogP contribution in [-0.4, -0.2) is 4.98 Å². The van der Waals surface area contributed by atoms with Gasteiger partial charge in [0.25, 0.3) is 0 Å². The van der Waals surface area contributed by atoms with E-state index in [9.17, 15) is 0 Å². The van der Waals surface area contributed by atoms with Crippen LogP contribution in [-0.2, 0) is 6.42 Å². The van der Waals surface area contributed by atoms with E-state index >= 15 is 0 Å². The second kappa shape index (κ2) is 4.20. The highest BCUT2D eigenvalue weighted by Gasteiger charge is 1.99. The van der Waals surface area contributed by atoms with Crippen molar-refractivity contribution in [3.63, 3.8) is 0 Å². The predicted molar refractivity (Wildman–Crippen MR) is 54.9 cm³/mol. The van der Waals surface area contributed by atoms with Crippen LogP contribution in [0.2, 0.25) is 0 Å². The summed E-state index contributed by atoms with van der Waals surface area (Å²) >= 11 is 5.01. The first-order valence-corrected chi connectivity index (χ1v) is 4.66. The molecule has 0 aliphatic heterocycles. The Bertz CT molecular complexity index is 385. The highest BCUT2D eigenvalue weighted by atomic mass is 32.1. The largest absolute Gasteiger partial charge is 0.349 e. The quantitative estimate of drug-likeness (QED) is 0.732. The van der Waals surface area contributed by atoms with E-state index in [-0.39, 0.29) is 0 Å². The third-order valence-corrected chi connectivity index (χ3v) is 2.04. The molecule has 0 amide bonds. The first-order valence-electron chi connectivity index (χ1n) is 4.25. The molecular formula is C10H12N2S. The number of hydrogen-bond acceptors (Lipinski definition) is 2. The number of H-pyrrole nitrogens is 1. The average Bonchev–Trinajstić information content (AvgIpc) is 2.03. The zero-order chi connectivity index (χ0) is 9.84. The Morgan fingerprint density at radius 2 is 2.23 bits per heavy atom. The van der Waals surface area contributed by atoms with Crippen LogP contribution in [0.1, 0.15) is 25.1 Å². The predicted octanol–water partition coefficient (Wildman–Crippen LogP) is 2.81. The molecule has 1 aromatic heterocycles. The number of nitriles is 1. The van der Waals surface area contributed by atoms with E-state index < -0.39 is 0 Å². The molecule has 0 aliphatic rings. The lowest BCUT2D eigenvalue weighted by Crippen LogP contribution is -1.97. The lowest BCUT2D eigenvalue weighted by Gasteiger charge is -2.04. The molecular weight excluding hydrogens is 180 g/mol. The molecule has 3 heteroatoms. The first-order chi connectivity index (χ1) is 6.13. The Labute approximate surface area is 83.2 Å². The van der Waals surface area contributed by atoms with Crippen molar-refractivity contribution in [3.05, 3.63) is 28.0 Å². The summed E-state index contributed by atoms with van der Waals surface area (Å²) in [5.74, 6) is 0.596. The number of rotatable bonds is 2. The minimum Gasteiger partial charge on any atom is -0.349 e. The lowest BCUT2D eigenvalue weighted by atomic mass is 10.1. The molecule has 0 saturated heterocycles. The molecule has 2 nitrogen and oxygen atoms in total. The molecule has 0 aliphatic carbocycles. The number of hydrogen-bond donors (Lipinski definition) is 1. The van der Waals surface area contributed by atoms with Crippen LogP contribution in [0.5, 0.6) is 0 Å². The van der Waals surface area contributed by atoms with Gasteiger partial charge in [0, 0.05) is 5.69 Å². The van der Waals surface area contributed by atoms with Crippen molar-refractivity contribution in [2.75, 3.05) is 0 Å². The van der Waals surface area contributed by atoms with Gasteiger partial charge >= 0.3 is 0 Å². The SMILES string of the molecule is CC(C)Cc1ccc(C#N)c(=S)[nH]1. The number of aromatic amines is 1. The molecule has 0 atom stereocenters. The Hall–Kier alpha value is -1.14. The van der Waals surface area contributed by atoms with Gasteiger partial charge in [-0.3, -0.25) is 0 Å². The summed E-state index contributed by atoms with van der Waals surface area (Å²) in [6.07, 6.45) is 0.968. The van der Waals surface area contributed by atoms with Gasteiger partial charge in [-0.15, -0.1) is 0 Å². The van der Waals surface area contributed by atoms with Gasteiger partial charge in [-0.2, -0.15) is 5.26 Å². The third kappa shape index (κ3) is 2.67. The van der Waals surface area contributed by atoms with Gasteiger partial charge in [0.1, 0.15) is 10.7 Å². The third-order valence-electron chi connectivity index (χ3n) is 1.72. The van der Waals surface area contributed by atoms with Crippen LogP contribution >= 0.6 is 12.2 Å². The summed E-state index contributed by atoms with van der Waals surface area (Å²) in [5, 5.41) is 8.65. The van der Waals surface area contributed by atoms with E-state index in [4.69, 9.17) is 17.5 Å². The van der Waals surface area contributed by atoms with Gasteiger partial charge in [0.05, 0.1) is 5.56 Å². The fourth-order valence-electron chi connectivity index (χ4n) is 1.16. The zero-order valence-electron chi connectivity index (χ0n) is 7.79. The van der Waals surface area contributed by atoms with Gasteiger partial charge < -0.3 is 4.98 Å². The van der Waals surface area contributed by atoms with Crippen LogP contribution in [0.25, 0.3) is 0 Å². The second-order valence-corrected chi connectivity index (χ2v) is 3.84. The van der Waals surface area contributed by atoms with Crippen molar-refractivity contribution in [2.24, 2.45) is 5.92 Å². The minimum absolute atomic E-state index is 0.542. The first kappa shape index (κ1) is 9.94. The van der Waals surface area contributed by atoms with Crippen LogP contribution in [0.4, 0.5) is 0 Å². The molecule has 0 fully saturated rings. The molecule has 0 aromatic carbocycles. The summed E-state index contributed by atoms with van der Waals surface area (Å²) in [6, 6.07) is 5.74. The van der Waals surface area contributed by atoms with Gasteiger partial charge in [-0.05, 0) is 24.5 Å². The number of nitrogens with zero attached hydrogens (tertiary/aromatic N) is 1. The molecule has 1 heterocycles. The Balaban J connectivity index is 2.98. The highest BCUT2D eigenvalue weighted by molar-refractivity contribution is 7.71. The maximum Gasteiger partial charge on any atom is 0.121 e. The fourth-order valence-corrected chi connectivity index (χ4v) is 1.41. The summed E-state index contributed by atoms with van der Waals surface area (Å²) in [6.45, 7) is 4.30. The molecule has 0 unspecified atom stereocenters. The fraction of sp³-hybridized carbons (Fsp3) is 0.400. The van der Waals surface area contributed by atoms with Gasteiger partial charge in [-0.1, -0.05) is 26.1 Å². The topological polar surface area (TPSA) is 39.6 Å². The summed E-state index contributed by atoms with van der Waals surface area (Å²) in [7, 11) is 0. The number of nitrogens with one attached hydrogen (secondary N) is 1. The smallest absolute Gasteiger partial charge is 0.121 e. The molecule has 13 heavy (non-hydrogen) atoms. The van der Waals surface area contributed by atoms with Crippen molar-refractivity contribution < 1.29 is 0 Å². The molecule has 0 spiro atoms. The highest BCUT2D eigenvalue weighted by Crippen LogP contribution is 2.07. The Kier molecular flexibility index (Phi) is 3.21. The van der Waals surface area contributed by atoms with E-state index in [2.05, 4.69) is 18.8 Å². The van der Waals surface area contributed by atoms with E-state index in [1.807, 2.05) is 12.1 Å². The van der Waals surface area contributed by atoms with Crippen molar-refractivity contribution >= 4 is 12.2 Å². The molecule has 1 rings (SSSR count). The number of pyridine rings is 1. The van der Waals surface area contributed by atoms with E-state index in [1.165, 1.54) is 0 Å². The molecule has 68 valence electrons. The summed E-state index contributed by atoms with van der Waals surface area (Å²) < 4.78 is 0.542. The Morgan fingerprint density at radius 3 is 2.69 bits per heavy atom. The van der Waals surface area contributed by atoms with Crippen molar-refractivity contribution in [1.29, 1.82) is 5.26 Å². The van der Waals surface area contributed by atoms with E-state index in [0.717, 1.165) is 12.1 Å². The van der Waals surface area contributed by atoms with Gasteiger partial charge in [0.15, 0.2) is 0 Å². The Morgan fingerprint density at radius 1 is 1.54 bits per heavy atom. The van der Waals surface area contributed by atoms with E-state index in [1.54, 1.807) is 6.07 Å². The van der Waals surface area contributed by atoms with Crippen molar-refractivity contribution in [3.8, 4) is 6.07 Å². The van der Waals surface area contributed by atoms with Gasteiger partial charge in [0.2, 0.25) is 0 Å². The zero-order valence-corrected chi connectivity index (χ0v) is 8.61. The standard InChI is InChI=1S/C10H12N2S/c1-7(2)5-9-4-3-8(6-11)10(13)12-9/h3-4,7H,5H2,1-2H3,(H,12,13). The normalized spacial score (nSPS) is 10.0. The number of aromatic nitrogens is 1. The van der Waals surface area contributed by atoms with Gasteiger partial charge in [-0.25, -0.2) is 0 Å². The molecule has 0 radical (unpaired) electrons. The molecule has 1 aromatic rings. The van der Waals surface area contributed by atoms with Crippen molar-refractivity contribution in [2.45, 2.75) is 20.3 Å². The molecule has 0 saturated carbocycles. The molecule has 1 N–H and O–H groups in total. The minimum atomic E-state index is 0.542. The maximum absolute atomic E-state index is 8.65. The second-order valence-electron chi connectivity index (χ2n) is 3.44. The summed E-state index contributed by atoms with van der Waals surface area (Å²) in [4.78, 5) is 3.05. The van der Waals surface area contributed by atoms with Crippen LogP contribution in [0, 0.1) is 21.9 Å². The van der Waals surface area contributed by atoms with Crippen LogP contribution in [0.3, 0.4) is 0 Å². The maximum atomic E-state index is 8.65. The molecule has 0 bridgehead atoms. The van der Waals surface area contributed by atoms with Crippen molar-refractivity contribution in [1.82, 2.24) is 4.98 Å².